The predicted octanol–water partition coefficient (Wildman–Crippen LogP) is 5.99. The molecule has 0 N–H and O–H groups in total. The Kier molecular flexibility index (Phi) is 7.99. The van der Waals surface area contributed by atoms with Gasteiger partial charge < -0.3 is 4.74 Å². The monoisotopic (exact) mass is 415 g/mol. The average molecular weight is 417 g/mol. The van der Waals surface area contributed by atoms with E-state index in [-0.39, 0.29) is 5.92 Å². The quantitative estimate of drug-likeness (QED) is 0.366. The molecule has 1 aromatic heterocycles. The highest BCUT2D eigenvalue weighted by molar-refractivity contribution is 9.11. The van der Waals surface area contributed by atoms with Crippen molar-refractivity contribution >= 4 is 36.1 Å². The molecule has 1 rings (SSSR count). The van der Waals surface area contributed by atoms with Gasteiger partial charge in [-0.1, -0.05) is 40.8 Å². The third-order valence-corrected chi connectivity index (χ3v) is 10.2. The molecule has 0 saturated carbocycles. The molecular formula is C18H30BrNOSSi. The summed E-state index contributed by atoms with van der Waals surface area (Å²) in [6.07, 6.45) is 1.78. The molecule has 1 aromatic rings. The molecule has 0 radical (unpaired) electrons. The summed E-state index contributed by atoms with van der Waals surface area (Å²) in [6, 6.07) is 6.74. The third-order valence-electron chi connectivity index (χ3n) is 5.09. The molecule has 0 saturated heterocycles. The molecule has 0 aliphatic rings. The Morgan fingerprint density at radius 1 is 1.35 bits per heavy atom. The Morgan fingerprint density at radius 2 is 2.00 bits per heavy atom. The van der Waals surface area contributed by atoms with Crippen LogP contribution in [-0.2, 0) is 10.2 Å². The van der Waals surface area contributed by atoms with Crippen LogP contribution in [0.3, 0.4) is 0 Å². The molecule has 5 heteroatoms. The molecular weight excluding hydrogens is 386 g/mol. The largest absolute Gasteiger partial charge is 0.381 e. The molecule has 0 bridgehead atoms. The Labute approximate surface area is 156 Å². The number of hydrogen-bond donors (Lipinski definition) is 0. The molecule has 130 valence electrons. The van der Waals surface area contributed by atoms with Crippen molar-refractivity contribution in [3.05, 3.63) is 20.8 Å². The number of halogens is 1. The van der Waals surface area contributed by atoms with Crippen LogP contribution in [-0.4, -0.2) is 22.0 Å². The first-order valence-electron chi connectivity index (χ1n) is 8.40. The second kappa shape index (κ2) is 8.80. The van der Waals surface area contributed by atoms with Crippen molar-refractivity contribution in [2.45, 2.75) is 64.1 Å². The lowest BCUT2D eigenvalue weighted by molar-refractivity contribution is 0.106. The van der Waals surface area contributed by atoms with E-state index in [9.17, 15) is 5.26 Å². The van der Waals surface area contributed by atoms with Gasteiger partial charge in [0.05, 0.1) is 15.3 Å². The van der Waals surface area contributed by atoms with Gasteiger partial charge in [-0.05, 0) is 51.9 Å². The maximum Gasteiger partial charge on any atom is 0.0938 e. The van der Waals surface area contributed by atoms with E-state index in [0.29, 0.717) is 5.04 Å². The summed E-state index contributed by atoms with van der Waals surface area (Å²) in [5.41, 5.74) is -0.400. The lowest BCUT2D eigenvalue weighted by atomic mass is 9.74. The zero-order chi connectivity index (χ0) is 17.7. The number of nitrogens with zero attached hydrogens (tertiary/aromatic N) is 1. The Bertz CT molecular complexity index is 535. The van der Waals surface area contributed by atoms with Crippen LogP contribution in [0.1, 0.15) is 45.4 Å². The standard InChI is InChI=1S/C18H30BrNOSSi/c1-14(2)18(12-20,15-8-9-16(19)22-15)10-7-11-21-13-17(3,4)23(5)6/h8-9,14,23H,7,10-11,13H2,1-6H3. The topological polar surface area (TPSA) is 33.0 Å². The van der Waals surface area contributed by atoms with Crippen LogP contribution in [0, 0.1) is 17.2 Å². The van der Waals surface area contributed by atoms with Crippen molar-refractivity contribution in [2.75, 3.05) is 13.2 Å². The average Bonchev–Trinajstić information content (AvgIpc) is 2.89. The summed E-state index contributed by atoms with van der Waals surface area (Å²) < 4.78 is 7.03. The van der Waals surface area contributed by atoms with Crippen molar-refractivity contribution in [2.24, 2.45) is 5.92 Å². The van der Waals surface area contributed by atoms with Gasteiger partial charge in [-0.25, -0.2) is 0 Å². The molecule has 1 atom stereocenters. The lowest BCUT2D eigenvalue weighted by Crippen LogP contribution is -2.30. The highest BCUT2D eigenvalue weighted by Crippen LogP contribution is 2.41. The Hall–Kier alpha value is -0.153. The minimum Gasteiger partial charge on any atom is -0.381 e. The smallest absolute Gasteiger partial charge is 0.0938 e. The molecule has 2 nitrogen and oxygen atoms in total. The second-order valence-electron chi connectivity index (χ2n) is 7.64. The Balaban J connectivity index is 2.63. The Morgan fingerprint density at radius 3 is 2.43 bits per heavy atom. The summed E-state index contributed by atoms with van der Waals surface area (Å²) in [5.74, 6) is 0.289. The summed E-state index contributed by atoms with van der Waals surface area (Å²) in [5, 5.41) is 10.2. The van der Waals surface area contributed by atoms with E-state index >= 15 is 0 Å². The minimum atomic E-state index is -0.714. The number of nitriles is 1. The fourth-order valence-electron chi connectivity index (χ4n) is 2.45. The molecule has 1 heterocycles. The van der Waals surface area contributed by atoms with Crippen LogP contribution in [0.15, 0.2) is 15.9 Å². The van der Waals surface area contributed by atoms with E-state index in [0.717, 1.165) is 34.7 Å². The zero-order valence-corrected chi connectivity index (χ0v) is 18.8. The van der Waals surface area contributed by atoms with Crippen molar-refractivity contribution < 1.29 is 4.74 Å². The van der Waals surface area contributed by atoms with E-state index in [2.05, 4.69) is 68.9 Å². The number of ether oxygens (including phenoxy) is 1. The highest BCUT2D eigenvalue weighted by Gasteiger charge is 2.37. The van der Waals surface area contributed by atoms with E-state index in [1.165, 1.54) is 0 Å². The first-order chi connectivity index (χ1) is 10.7. The predicted molar refractivity (Wildman–Crippen MR) is 107 cm³/mol. The summed E-state index contributed by atoms with van der Waals surface area (Å²) >= 11 is 5.20. The summed E-state index contributed by atoms with van der Waals surface area (Å²) in [7, 11) is -0.714. The van der Waals surface area contributed by atoms with E-state index < -0.39 is 14.2 Å². The van der Waals surface area contributed by atoms with Crippen LogP contribution in [0.5, 0.6) is 0 Å². The molecule has 23 heavy (non-hydrogen) atoms. The van der Waals surface area contributed by atoms with Gasteiger partial charge in [0.1, 0.15) is 0 Å². The third kappa shape index (κ3) is 5.42. The van der Waals surface area contributed by atoms with Crippen LogP contribution in [0.2, 0.25) is 18.1 Å². The maximum absolute atomic E-state index is 9.87. The normalized spacial score (nSPS) is 15.0. The number of hydrogen-bond acceptors (Lipinski definition) is 3. The maximum atomic E-state index is 9.87. The van der Waals surface area contributed by atoms with Gasteiger partial charge in [-0.15, -0.1) is 11.3 Å². The van der Waals surface area contributed by atoms with Gasteiger partial charge >= 0.3 is 0 Å². The lowest BCUT2D eigenvalue weighted by Gasteiger charge is -2.31. The van der Waals surface area contributed by atoms with Crippen molar-refractivity contribution in [3.8, 4) is 6.07 Å². The molecule has 0 fully saturated rings. The molecule has 0 aliphatic carbocycles. The van der Waals surface area contributed by atoms with Crippen LogP contribution in [0.4, 0.5) is 0 Å². The summed E-state index contributed by atoms with van der Waals surface area (Å²) in [4.78, 5) is 1.16. The second-order valence-corrected chi connectivity index (χ2v) is 14.0. The summed E-state index contributed by atoms with van der Waals surface area (Å²) in [6.45, 7) is 15.2. The first-order valence-corrected chi connectivity index (χ1v) is 12.9. The number of rotatable bonds is 9. The fourth-order valence-corrected chi connectivity index (χ4v) is 4.60. The minimum absolute atomic E-state index is 0.289. The van der Waals surface area contributed by atoms with Crippen LogP contribution >= 0.6 is 27.3 Å². The van der Waals surface area contributed by atoms with Crippen molar-refractivity contribution in [3.63, 3.8) is 0 Å². The van der Waals surface area contributed by atoms with Crippen molar-refractivity contribution in [1.82, 2.24) is 0 Å². The van der Waals surface area contributed by atoms with Gasteiger partial charge in [-0.2, -0.15) is 5.26 Å². The van der Waals surface area contributed by atoms with E-state index in [1.807, 2.05) is 6.07 Å². The highest BCUT2D eigenvalue weighted by atomic mass is 79.9. The molecule has 0 aliphatic heterocycles. The first kappa shape index (κ1) is 20.9. The molecule has 0 spiro atoms. The van der Waals surface area contributed by atoms with E-state index in [4.69, 9.17) is 4.74 Å². The van der Waals surface area contributed by atoms with Gasteiger partial charge in [0.25, 0.3) is 0 Å². The van der Waals surface area contributed by atoms with Gasteiger partial charge in [0.15, 0.2) is 0 Å². The van der Waals surface area contributed by atoms with Crippen molar-refractivity contribution in [1.29, 1.82) is 5.26 Å². The van der Waals surface area contributed by atoms with Crippen LogP contribution in [0.25, 0.3) is 0 Å². The fraction of sp³-hybridized carbons (Fsp3) is 0.722. The molecule has 1 unspecified atom stereocenters. The molecule has 0 aromatic carbocycles. The van der Waals surface area contributed by atoms with E-state index in [1.54, 1.807) is 11.3 Å². The van der Waals surface area contributed by atoms with Gasteiger partial charge in [-0.3, -0.25) is 0 Å². The number of thiophene rings is 1. The van der Waals surface area contributed by atoms with Gasteiger partial charge in [0.2, 0.25) is 0 Å². The van der Waals surface area contributed by atoms with Crippen LogP contribution < -0.4 is 0 Å². The SMILES string of the molecule is CC(C)C(C#N)(CCCOCC(C)(C)[SiH](C)C)c1ccc(Br)s1. The van der Waals surface area contributed by atoms with Gasteiger partial charge in [0, 0.05) is 26.9 Å². The molecule has 0 amide bonds. The zero-order valence-electron chi connectivity index (χ0n) is 15.3.